The lowest BCUT2D eigenvalue weighted by molar-refractivity contribution is 0.178. The Balaban J connectivity index is 1.83. The fourth-order valence-corrected chi connectivity index (χ4v) is 3.40. The van der Waals surface area contributed by atoms with Crippen LogP contribution in [0, 0.1) is 6.92 Å². The molecule has 0 aliphatic heterocycles. The minimum absolute atomic E-state index is 0.546. The molecule has 6 nitrogen and oxygen atoms in total. The van der Waals surface area contributed by atoms with Gasteiger partial charge in [0.25, 0.3) is 0 Å². The van der Waals surface area contributed by atoms with Crippen LogP contribution in [0.1, 0.15) is 33.5 Å². The zero-order valence-corrected chi connectivity index (χ0v) is 17.1. The molecule has 0 saturated carbocycles. The van der Waals surface area contributed by atoms with Crippen LogP contribution in [0.5, 0.6) is 0 Å². The molecule has 1 aromatic heterocycles. The van der Waals surface area contributed by atoms with E-state index in [0.717, 1.165) is 43.5 Å². The normalized spacial score (nSPS) is 12.6. The van der Waals surface area contributed by atoms with Gasteiger partial charge in [0.1, 0.15) is 5.82 Å². The molecule has 0 unspecified atom stereocenters. The van der Waals surface area contributed by atoms with Gasteiger partial charge < -0.3 is 15.2 Å². The molecule has 0 bridgehead atoms. The monoisotopic (exact) mass is 358 g/mol. The molecule has 0 aliphatic carbocycles. The molecule has 0 amide bonds. The number of guanidine groups is 1. The molecule has 26 heavy (non-hydrogen) atoms. The average molecular weight is 359 g/mol. The van der Waals surface area contributed by atoms with Crippen molar-refractivity contribution in [3.8, 4) is 0 Å². The highest BCUT2D eigenvalue weighted by Crippen LogP contribution is 2.14. The second-order valence-electron chi connectivity index (χ2n) is 7.15. The van der Waals surface area contributed by atoms with Crippen LogP contribution in [0.4, 0.5) is 0 Å². The molecule has 0 saturated heterocycles. The quantitative estimate of drug-likeness (QED) is 0.563. The third-order valence-electron chi connectivity index (χ3n) is 4.69. The Morgan fingerprint density at radius 2 is 1.77 bits per heavy atom. The molecular formula is C20H34N6. The maximum absolute atomic E-state index is 4.62. The van der Waals surface area contributed by atoms with Crippen LogP contribution < -0.4 is 10.6 Å². The number of imidazole rings is 1. The molecule has 1 aromatic carbocycles. The first-order valence-electron chi connectivity index (χ1n) is 9.56. The first-order chi connectivity index (χ1) is 12.4. The summed E-state index contributed by atoms with van der Waals surface area (Å²) in [7, 11) is 1.82. The molecule has 2 N–H and O–H groups in total. The number of aliphatic imine (C=N–C) groups is 1. The third-order valence-corrected chi connectivity index (χ3v) is 4.69. The lowest BCUT2D eigenvalue weighted by Crippen LogP contribution is -2.45. The predicted octanol–water partition coefficient (Wildman–Crippen LogP) is 2.63. The van der Waals surface area contributed by atoms with Gasteiger partial charge in [-0.2, -0.15) is 0 Å². The fraction of sp³-hybridized carbons (Fsp3) is 0.600. The SMILES string of the molecule is CN=C(NCCN(C(C)C)C(C)C)NCCn1c(C)nc2ccccc21. The van der Waals surface area contributed by atoms with E-state index in [-0.39, 0.29) is 0 Å². The number of fused-ring (bicyclic) bond motifs is 1. The second kappa shape index (κ2) is 9.57. The van der Waals surface area contributed by atoms with E-state index in [1.54, 1.807) is 0 Å². The van der Waals surface area contributed by atoms with Crippen LogP contribution in [0.25, 0.3) is 11.0 Å². The van der Waals surface area contributed by atoms with Crippen molar-refractivity contribution in [1.29, 1.82) is 0 Å². The molecule has 0 aliphatic rings. The summed E-state index contributed by atoms with van der Waals surface area (Å²) >= 11 is 0. The molecule has 2 aromatic rings. The molecule has 2 rings (SSSR count). The molecule has 0 spiro atoms. The largest absolute Gasteiger partial charge is 0.355 e. The van der Waals surface area contributed by atoms with E-state index in [2.05, 4.69) is 82.9 Å². The van der Waals surface area contributed by atoms with Crippen molar-refractivity contribution < 1.29 is 0 Å². The number of rotatable bonds is 8. The van der Waals surface area contributed by atoms with E-state index in [9.17, 15) is 0 Å². The van der Waals surface area contributed by atoms with E-state index in [1.165, 1.54) is 5.52 Å². The Labute approximate surface area is 157 Å². The second-order valence-corrected chi connectivity index (χ2v) is 7.15. The number of aromatic nitrogens is 2. The van der Waals surface area contributed by atoms with Gasteiger partial charge in [-0.1, -0.05) is 12.1 Å². The summed E-state index contributed by atoms with van der Waals surface area (Å²) in [5.41, 5.74) is 2.23. The molecule has 6 heteroatoms. The number of aryl methyl sites for hydroxylation is 1. The first-order valence-corrected chi connectivity index (χ1v) is 9.56. The summed E-state index contributed by atoms with van der Waals surface area (Å²) < 4.78 is 2.24. The van der Waals surface area contributed by atoms with Gasteiger partial charge in [-0.25, -0.2) is 4.98 Å². The van der Waals surface area contributed by atoms with Crippen molar-refractivity contribution in [3.05, 3.63) is 30.1 Å². The third kappa shape index (κ3) is 5.21. The van der Waals surface area contributed by atoms with Gasteiger partial charge in [0.05, 0.1) is 11.0 Å². The number of hydrogen-bond donors (Lipinski definition) is 2. The summed E-state index contributed by atoms with van der Waals surface area (Å²) in [6.45, 7) is 14.6. The number of benzene rings is 1. The van der Waals surface area contributed by atoms with Crippen LogP contribution >= 0.6 is 0 Å². The van der Waals surface area contributed by atoms with Crippen LogP contribution in [0.2, 0.25) is 0 Å². The Hall–Kier alpha value is -2.08. The van der Waals surface area contributed by atoms with Crippen molar-refractivity contribution >= 4 is 17.0 Å². The zero-order valence-electron chi connectivity index (χ0n) is 17.1. The lowest BCUT2D eigenvalue weighted by Gasteiger charge is -2.30. The maximum Gasteiger partial charge on any atom is 0.191 e. The smallest absolute Gasteiger partial charge is 0.191 e. The van der Waals surface area contributed by atoms with Gasteiger partial charge in [0.15, 0.2) is 5.96 Å². The number of nitrogens with one attached hydrogen (secondary N) is 2. The van der Waals surface area contributed by atoms with Crippen LogP contribution in [-0.4, -0.2) is 59.2 Å². The summed E-state index contributed by atoms with van der Waals surface area (Å²) in [5, 5.41) is 6.82. The Morgan fingerprint density at radius 3 is 2.42 bits per heavy atom. The highest BCUT2D eigenvalue weighted by atomic mass is 15.2. The lowest BCUT2D eigenvalue weighted by atomic mass is 10.2. The fourth-order valence-electron chi connectivity index (χ4n) is 3.40. The molecule has 0 radical (unpaired) electrons. The van der Waals surface area contributed by atoms with Gasteiger partial charge in [-0.15, -0.1) is 0 Å². The van der Waals surface area contributed by atoms with Gasteiger partial charge >= 0.3 is 0 Å². The molecule has 144 valence electrons. The molecule has 0 atom stereocenters. The van der Waals surface area contributed by atoms with E-state index in [0.29, 0.717) is 12.1 Å². The average Bonchev–Trinajstić information content (AvgIpc) is 2.91. The Kier molecular flexibility index (Phi) is 7.45. The van der Waals surface area contributed by atoms with Crippen molar-refractivity contribution in [2.45, 2.75) is 53.2 Å². The van der Waals surface area contributed by atoms with Gasteiger partial charge in [0.2, 0.25) is 0 Å². The maximum atomic E-state index is 4.62. The number of hydrogen-bond acceptors (Lipinski definition) is 3. The summed E-state index contributed by atoms with van der Waals surface area (Å²) in [4.78, 5) is 11.4. The minimum Gasteiger partial charge on any atom is -0.355 e. The standard InChI is InChI=1S/C20H34N6/c1-15(2)25(16(3)4)13-11-22-20(21-6)23-12-14-26-17(5)24-18-9-7-8-10-19(18)26/h7-10,15-16H,11-14H2,1-6H3,(H2,21,22,23). The summed E-state index contributed by atoms with van der Waals surface area (Å²) in [6.07, 6.45) is 0. The Morgan fingerprint density at radius 1 is 1.12 bits per heavy atom. The van der Waals surface area contributed by atoms with E-state index in [1.807, 2.05) is 13.1 Å². The van der Waals surface area contributed by atoms with E-state index < -0.39 is 0 Å². The molecular weight excluding hydrogens is 324 g/mol. The van der Waals surface area contributed by atoms with E-state index >= 15 is 0 Å². The van der Waals surface area contributed by atoms with Gasteiger partial charge in [-0.3, -0.25) is 9.89 Å². The highest BCUT2D eigenvalue weighted by Gasteiger charge is 2.12. The Bertz CT molecular complexity index is 708. The molecule has 0 fully saturated rings. The van der Waals surface area contributed by atoms with Crippen LogP contribution in [-0.2, 0) is 6.54 Å². The number of para-hydroxylation sites is 2. The topological polar surface area (TPSA) is 57.5 Å². The zero-order chi connectivity index (χ0) is 19.1. The highest BCUT2D eigenvalue weighted by molar-refractivity contribution is 5.79. The van der Waals surface area contributed by atoms with Crippen molar-refractivity contribution in [3.63, 3.8) is 0 Å². The van der Waals surface area contributed by atoms with Crippen molar-refractivity contribution in [1.82, 2.24) is 25.1 Å². The van der Waals surface area contributed by atoms with E-state index in [4.69, 9.17) is 0 Å². The minimum atomic E-state index is 0.546. The van der Waals surface area contributed by atoms with Gasteiger partial charge in [0, 0.05) is 45.3 Å². The number of nitrogens with zero attached hydrogens (tertiary/aromatic N) is 4. The van der Waals surface area contributed by atoms with Crippen molar-refractivity contribution in [2.75, 3.05) is 26.7 Å². The summed E-state index contributed by atoms with van der Waals surface area (Å²) in [6, 6.07) is 9.36. The first kappa shape index (κ1) is 20.2. The van der Waals surface area contributed by atoms with Crippen LogP contribution in [0.15, 0.2) is 29.3 Å². The van der Waals surface area contributed by atoms with Gasteiger partial charge in [-0.05, 0) is 46.8 Å². The van der Waals surface area contributed by atoms with Crippen molar-refractivity contribution in [2.24, 2.45) is 4.99 Å². The van der Waals surface area contributed by atoms with Crippen LogP contribution in [0.3, 0.4) is 0 Å². The predicted molar refractivity (Wildman–Crippen MR) is 111 cm³/mol. The molecule has 1 heterocycles. The summed E-state index contributed by atoms with van der Waals surface area (Å²) in [5.74, 6) is 1.89.